The van der Waals surface area contributed by atoms with Crippen LogP contribution in [0.25, 0.3) is 0 Å². The molecule has 0 aliphatic carbocycles. The molecule has 4 rings (SSSR count). The van der Waals surface area contributed by atoms with Crippen molar-refractivity contribution in [1.82, 2.24) is 4.98 Å². The summed E-state index contributed by atoms with van der Waals surface area (Å²) >= 11 is 0. The van der Waals surface area contributed by atoms with Crippen molar-refractivity contribution in [2.75, 3.05) is 4.90 Å². The molecule has 0 radical (unpaired) electrons. The van der Waals surface area contributed by atoms with Gasteiger partial charge in [0.1, 0.15) is 17.3 Å². The molecular formula is C28H30N2O4. The Balaban J connectivity index is 1.74. The van der Waals surface area contributed by atoms with Crippen LogP contribution in [0.4, 0.5) is 11.5 Å². The van der Waals surface area contributed by atoms with E-state index in [1.807, 2.05) is 77.1 Å². The van der Waals surface area contributed by atoms with Gasteiger partial charge < -0.3 is 9.47 Å². The van der Waals surface area contributed by atoms with Gasteiger partial charge in [-0.15, -0.1) is 0 Å². The van der Waals surface area contributed by atoms with Crippen molar-refractivity contribution < 1.29 is 19.1 Å². The standard InChI is InChI=1S/C28H30N2O4/c1-16-14-17(2)29-25(15-16)30(22-10-8-7-9-11-22)28(32)24-13-12-23-20(5)26(33-21(6)31)18(3)19(4)27(23)34-24/h7-11,14-15,24H,12-13H2,1-6H3. The topological polar surface area (TPSA) is 68.7 Å². The zero-order valence-corrected chi connectivity index (χ0v) is 20.6. The number of aryl methyl sites for hydroxylation is 2. The van der Waals surface area contributed by atoms with E-state index in [0.717, 1.165) is 39.2 Å². The third-order valence-corrected chi connectivity index (χ3v) is 6.30. The van der Waals surface area contributed by atoms with Crippen molar-refractivity contribution in [3.05, 3.63) is 76.0 Å². The molecule has 6 nitrogen and oxygen atoms in total. The van der Waals surface area contributed by atoms with E-state index >= 15 is 0 Å². The van der Waals surface area contributed by atoms with Gasteiger partial charge in [0, 0.05) is 18.2 Å². The SMILES string of the molecule is CC(=O)Oc1c(C)c(C)c2c(c1C)CCC(C(=O)N(c1ccccc1)c1cc(C)cc(C)n1)O2. The maximum absolute atomic E-state index is 13.9. The third-order valence-electron chi connectivity index (χ3n) is 6.30. The zero-order chi connectivity index (χ0) is 24.6. The minimum absolute atomic E-state index is 0.159. The first-order valence-corrected chi connectivity index (χ1v) is 11.5. The van der Waals surface area contributed by atoms with Gasteiger partial charge in [0.05, 0.1) is 5.69 Å². The number of esters is 1. The molecule has 3 aromatic rings. The number of hydrogen-bond donors (Lipinski definition) is 0. The Morgan fingerprint density at radius 3 is 2.35 bits per heavy atom. The number of carbonyl (C=O) groups is 2. The summed E-state index contributed by atoms with van der Waals surface area (Å²) in [5.41, 5.74) is 6.22. The molecule has 1 aliphatic heterocycles. The number of nitrogens with zero attached hydrogens (tertiary/aromatic N) is 2. The van der Waals surface area contributed by atoms with Gasteiger partial charge in [0.2, 0.25) is 0 Å². The van der Waals surface area contributed by atoms with Crippen molar-refractivity contribution >= 4 is 23.4 Å². The molecule has 2 heterocycles. The molecule has 2 aromatic carbocycles. The van der Waals surface area contributed by atoms with Gasteiger partial charge >= 0.3 is 5.97 Å². The molecule has 1 aliphatic rings. The molecule has 0 bridgehead atoms. The molecule has 0 saturated heterocycles. The number of para-hydroxylation sites is 1. The van der Waals surface area contributed by atoms with Gasteiger partial charge in [-0.3, -0.25) is 14.5 Å². The Morgan fingerprint density at radius 2 is 1.71 bits per heavy atom. The highest BCUT2D eigenvalue weighted by atomic mass is 16.5. The quantitative estimate of drug-likeness (QED) is 0.376. The van der Waals surface area contributed by atoms with Crippen LogP contribution in [0.15, 0.2) is 42.5 Å². The van der Waals surface area contributed by atoms with Crippen molar-refractivity contribution in [3.63, 3.8) is 0 Å². The molecule has 6 heteroatoms. The number of benzene rings is 2. The van der Waals surface area contributed by atoms with Crippen molar-refractivity contribution in [1.29, 1.82) is 0 Å². The fourth-order valence-corrected chi connectivity index (χ4v) is 4.59. The monoisotopic (exact) mass is 458 g/mol. The molecule has 176 valence electrons. The largest absolute Gasteiger partial charge is 0.480 e. The van der Waals surface area contributed by atoms with E-state index in [1.165, 1.54) is 6.92 Å². The highest BCUT2D eigenvalue weighted by Gasteiger charge is 2.35. The zero-order valence-electron chi connectivity index (χ0n) is 20.6. The second-order valence-corrected chi connectivity index (χ2v) is 8.90. The summed E-state index contributed by atoms with van der Waals surface area (Å²) in [6.45, 7) is 11.1. The Kier molecular flexibility index (Phi) is 6.42. The maximum atomic E-state index is 13.9. The van der Waals surface area contributed by atoms with Crippen LogP contribution < -0.4 is 14.4 Å². The molecule has 1 atom stereocenters. The summed E-state index contributed by atoms with van der Waals surface area (Å²) in [7, 11) is 0. The molecule has 34 heavy (non-hydrogen) atoms. The van der Waals surface area contributed by atoms with Gasteiger partial charge in [-0.2, -0.15) is 0 Å². The first-order valence-electron chi connectivity index (χ1n) is 11.5. The smallest absolute Gasteiger partial charge is 0.308 e. The van der Waals surface area contributed by atoms with Crippen molar-refractivity contribution in [2.24, 2.45) is 0 Å². The third kappa shape index (κ3) is 4.40. The van der Waals surface area contributed by atoms with E-state index in [2.05, 4.69) is 4.98 Å². The average molecular weight is 459 g/mol. The second kappa shape index (κ2) is 9.29. The Morgan fingerprint density at radius 1 is 1.00 bits per heavy atom. The fraction of sp³-hybridized carbons (Fsp3) is 0.321. The van der Waals surface area contributed by atoms with E-state index in [-0.39, 0.29) is 11.9 Å². The number of amides is 1. The first-order chi connectivity index (χ1) is 16.2. The summed E-state index contributed by atoms with van der Waals surface area (Å²) in [5, 5.41) is 0. The summed E-state index contributed by atoms with van der Waals surface area (Å²) in [5.74, 6) is 1.36. The summed E-state index contributed by atoms with van der Waals surface area (Å²) in [6.07, 6.45) is 0.506. The van der Waals surface area contributed by atoms with Gasteiger partial charge in [-0.05, 0) is 94.0 Å². The average Bonchev–Trinajstić information content (AvgIpc) is 2.80. The van der Waals surface area contributed by atoms with Crippen LogP contribution in [0.3, 0.4) is 0 Å². The highest BCUT2D eigenvalue weighted by Crippen LogP contribution is 2.42. The van der Waals surface area contributed by atoms with Gasteiger partial charge in [-0.25, -0.2) is 4.98 Å². The van der Waals surface area contributed by atoms with Crippen molar-refractivity contribution in [2.45, 2.75) is 60.5 Å². The van der Waals surface area contributed by atoms with Crippen LogP contribution >= 0.6 is 0 Å². The van der Waals surface area contributed by atoms with Gasteiger partial charge in [-0.1, -0.05) is 18.2 Å². The second-order valence-electron chi connectivity index (χ2n) is 8.90. The highest BCUT2D eigenvalue weighted by molar-refractivity contribution is 6.02. The molecule has 0 fully saturated rings. The minimum Gasteiger partial charge on any atom is -0.480 e. The lowest BCUT2D eigenvalue weighted by Gasteiger charge is -2.33. The number of rotatable bonds is 4. The molecular weight excluding hydrogens is 428 g/mol. The van der Waals surface area contributed by atoms with Gasteiger partial charge in [0.15, 0.2) is 6.10 Å². The summed E-state index contributed by atoms with van der Waals surface area (Å²) in [6, 6.07) is 13.4. The Hall–Kier alpha value is -3.67. The van der Waals surface area contributed by atoms with E-state index in [0.29, 0.717) is 30.2 Å². The van der Waals surface area contributed by atoms with E-state index < -0.39 is 6.10 Å². The number of carbonyl (C=O) groups excluding carboxylic acids is 2. The number of fused-ring (bicyclic) bond motifs is 1. The Labute approximate surface area is 200 Å². The molecule has 1 amide bonds. The summed E-state index contributed by atoms with van der Waals surface area (Å²) < 4.78 is 11.9. The van der Waals surface area contributed by atoms with Crippen LogP contribution in [0.5, 0.6) is 11.5 Å². The van der Waals surface area contributed by atoms with E-state index in [9.17, 15) is 9.59 Å². The van der Waals surface area contributed by atoms with Crippen LogP contribution in [0.1, 0.15) is 46.9 Å². The van der Waals surface area contributed by atoms with Gasteiger partial charge in [0.25, 0.3) is 5.91 Å². The molecule has 0 saturated carbocycles. The lowest BCUT2D eigenvalue weighted by Crippen LogP contribution is -2.42. The fourth-order valence-electron chi connectivity index (χ4n) is 4.59. The lowest BCUT2D eigenvalue weighted by atomic mass is 9.91. The lowest BCUT2D eigenvalue weighted by molar-refractivity contribution is -0.132. The number of ether oxygens (including phenoxy) is 2. The number of hydrogen-bond acceptors (Lipinski definition) is 5. The first kappa shape index (κ1) is 23.5. The summed E-state index contributed by atoms with van der Waals surface area (Å²) in [4.78, 5) is 31.8. The van der Waals surface area contributed by atoms with Crippen LogP contribution in [-0.2, 0) is 16.0 Å². The minimum atomic E-state index is -0.660. The normalized spacial score (nSPS) is 14.7. The predicted octanol–water partition coefficient (Wildman–Crippen LogP) is 5.61. The number of aromatic nitrogens is 1. The molecule has 1 unspecified atom stereocenters. The number of pyridine rings is 1. The maximum Gasteiger partial charge on any atom is 0.308 e. The van der Waals surface area contributed by atoms with Crippen LogP contribution in [0.2, 0.25) is 0 Å². The van der Waals surface area contributed by atoms with Crippen molar-refractivity contribution in [3.8, 4) is 11.5 Å². The molecule has 0 spiro atoms. The van der Waals surface area contributed by atoms with E-state index in [4.69, 9.17) is 9.47 Å². The molecule has 0 N–H and O–H groups in total. The van der Waals surface area contributed by atoms with Crippen LogP contribution in [0, 0.1) is 34.6 Å². The molecule has 1 aromatic heterocycles. The number of anilines is 2. The Bertz CT molecular complexity index is 1250. The van der Waals surface area contributed by atoms with E-state index in [1.54, 1.807) is 4.90 Å². The predicted molar refractivity (Wildman–Crippen MR) is 132 cm³/mol. The van der Waals surface area contributed by atoms with Crippen LogP contribution in [-0.4, -0.2) is 23.0 Å².